The molecule has 2 aromatic rings. The molecule has 0 bridgehead atoms. The van der Waals surface area contributed by atoms with Crippen LogP contribution in [-0.2, 0) is 11.3 Å². The molecule has 0 saturated heterocycles. The van der Waals surface area contributed by atoms with Gasteiger partial charge in [-0.15, -0.1) is 10.2 Å². The van der Waals surface area contributed by atoms with Crippen LogP contribution in [0.15, 0.2) is 18.2 Å². The minimum absolute atomic E-state index is 0.0482. The van der Waals surface area contributed by atoms with Gasteiger partial charge in [0, 0.05) is 5.56 Å². The highest BCUT2D eigenvalue weighted by molar-refractivity contribution is 5.77. The first kappa shape index (κ1) is 17.5. The third-order valence-electron chi connectivity index (χ3n) is 3.94. The number of hydrogen-bond acceptors (Lipinski definition) is 5. The summed E-state index contributed by atoms with van der Waals surface area (Å²) >= 11 is 0. The van der Waals surface area contributed by atoms with Crippen LogP contribution in [-0.4, -0.2) is 31.7 Å². The summed E-state index contributed by atoms with van der Waals surface area (Å²) in [5.41, 5.74) is 0.127. The van der Waals surface area contributed by atoms with E-state index in [9.17, 15) is 14.4 Å². The second kappa shape index (κ2) is 6.74. The first-order valence-electron chi connectivity index (χ1n) is 7.52. The quantitative estimate of drug-likeness (QED) is 0.902. The maximum atomic E-state index is 13.3. The van der Waals surface area contributed by atoms with Crippen molar-refractivity contribution in [3.63, 3.8) is 0 Å². The van der Waals surface area contributed by atoms with Crippen LogP contribution < -0.4 is 5.32 Å². The van der Waals surface area contributed by atoms with Gasteiger partial charge in [0.25, 0.3) is 0 Å². The predicted molar refractivity (Wildman–Crippen MR) is 84.9 cm³/mol. The van der Waals surface area contributed by atoms with Gasteiger partial charge >= 0.3 is 0 Å². The van der Waals surface area contributed by atoms with Crippen LogP contribution in [0.4, 0.5) is 4.39 Å². The predicted octanol–water partition coefficient (Wildman–Crippen LogP) is 1.84. The molecule has 0 aliphatic carbocycles. The summed E-state index contributed by atoms with van der Waals surface area (Å²) in [7, 11) is 0. The van der Waals surface area contributed by atoms with Crippen molar-refractivity contribution in [2.75, 3.05) is 0 Å². The molecule has 1 N–H and O–H groups in total. The lowest BCUT2D eigenvalue weighted by molar-refractivity contribution is -0.123. The normalized spacial score (nSPS) is 13.4. The number of carbonyl (C=O) groups is 1. The van der Waals surface area contributed by atoms with Crippen LogP contribution in [0, 0.1) is 30.0 Å². The molecule has 8 heteroatoms. The lowest BCUT2D eigenvalue weighted by Crippen LogP contribution is -2.50. The van der Waals surface area contributed by atoms with Crippen LogP contribution in [0.25, 0.3) is 11.4 Å². The van der Waals surface area contributed by atoms with Gasteiger partial charge in [-0.05, 0) is 48.7 Å². The van der Waals surface area contributed by atoms with Crippen molar-refractivity contribution < 1.29 is 9.18 Å². The molecule has 0 aliphatic rings. The first-order chi connectivity index (χ1) is 11.2. The highest BCUT2D eigenvalue weighted by Crippen LogP contribution is 2.18. The number of benzene rings is 1. The standard InChI is InChI=1S/C16H19FN6O/c1-10(2)16(4,9-18)19-14(24)8-23-21-15(20-22-23)12-5-6-13(17)11(3)7-12/h5-7,10H,8H2,1-4H3,(H,19,24)/t16-/m1/s1. The van der Waals surface area contributed by atoms with Crippen molar-refractivity contribution in [2.24, 2.45) is 5.92 Å². The van der Waals surface area contributed by atoms with Gasteiger partial charge in [-0.2, -0.15) is 10.1 Å². The number of rotatable bonds is 5. The fraction of sp³-hybridized carbons (Fsp3) is 0.438. The highest BCUT2D eigenvalue weighted by atomic mass is 19.1. The number of nitriles is 1. The second-order valence-corrected chi connectivity index (χ2v) is 6.12. The van der Waals surface area contributed by atoms with E-state index in [0.29, 0.717) is 17.0 Å². The summed E-state index contributed by atoms with van der Waals surface area (Å²) in [6.07, 6.45) is 0. The summed E-state index contributed by atoms with van der Waals surface area (Å²) in [6, 6.07) is 6.60. The van der Waals surface area contributed by atoms with Gasteiger partial charge in [0.15, 0.2) is 0 Å². The summed E-state index contributed by atoms with van der Waals surface area (Å²) in [5.74, 6) is -0.437. The van der Waals surface area contributed by atoms with Gasteiger partial charge in [-0.1, -0.05) is 13.8 Å². The maximum Gasteiger partial charge on any atom is 0.244 e. The molecule has 1 atom stereocenters. The van der Waals surface area contributed by atoms with Crippen molar-refractivity contribution in [1.82, 2.24) is 25.5 Å². The molecule has 0 spiro atoms. The lowest BCUT2D eigenvalue weighted by atomic mass is 9.90. The summed E-state index contributed by atoms with van der Waals surface area (Å²) in [5, 5.41) is 23.7. The summed E-state index contributed by atoms with van der Waals surface area (Å²) in [6.45, 7) is 6.86. The maximum absolute atomic E-state index is 13.3. The van der Waals surface area contributed by atoms with Gasteiger partial charge in [0.05, 0.1) is 6.07 Å². The monoisotopic (exact) mass is 330 g/mol. The van der Waals surface area contributed by atoms with Crippen LogP contribution in [0.2, 0.25) is 0 Å². The van der Waals surface area contributed by atoms with Crippen molar-refractivity contribution in [3.05, 3.63) is 29.6 Å². The van der Waals surface area contributed by atoms with E-state index >= 15 is 0 Å². The molecule has 7 nitrogen and oxygen atoms in total. The summed E-state index contributed by atoms with van der Waals surface area (Å²) in [4.78, 5) is 13.2. The largest absolute Gasteiger partial charge is 0.336 e. The second-order valence-electron chi connectivity index (χ2n) is 6.12. The minimum Gasteiger partial charge on any atom is -0.336 e. The van der Waals surface area contributed by atoms with E-state index in [2.05, 4.69) is 26.8 Å². The van der Waals surface area contributed by atoms with Crippen molar-refractivity contribution >= 4 is 5.91 Å². The molecule has 0 aliphatic heterocycles. The number of nitrogens with zero attached hydrogens (tertiary/aromatic N) is 5. The van der Waals surface area contributed by atoms with Crippen LogP contribution in [0.3, 0.4) is 0 Å². The van der Waals surface area contributed by atoms with E-state index < -0.39 is 5.54 Å². The van der Waals surface area contributed by atoms with E-state index in [-0.39, 0.29) is 24.2 Å². The number of amides is 1. The van der Waals surface area contributed by atoms with Crippen molar-refractivity contribution in [3.8, 4) is 17.5 Å². The van der Waals surface area contributed by atoms with Crippen molar-refractivity contribution in [1.29, 1.82) is 5.26 Å². The topological polar surface area (TPSA) is 96.5 Å². The van der Waals surface area contributed by atoms with Gasteiger partial charge < -0.3 is 5.32 Å². The van der Waals surface area contributed by atoms with Gasteiger partial charge in [-0.25, -0.2) is 4.39 Å². The van der Waals surface area contributed by atoms with Crippen LogP contribution in [0.1, 0.15) is 26.3 Å². The molecule has 1 aromatic carbocycles. The molecule has 126 valence electrons. The Bertz CT molecular complexity index is 794. The molecular weight excluding hydrogens is 311 g/mol. The molecule has 1 amide bonds. The third-order valence-corrected chi connectivity index (χ3v) is 3.94. The molecule has 0 unspecified atom stereocenters. The Labute approximate surface area is 139 Å². The molecular formula is C16H19FN6O. The van der Waals surface area contributed by atoms with E-state index in [1.165, 1.54) is 6.07 Å². The Morgan fingerprint density at radius 1 is 1.50 bits per heavy atom. The minimum atomic E-state index is -0.964. The molecule has 2 rings (SSSR count). The zero-order chi connectivity index (χ0) is 17.9. The zero-order valence-corrected chi connectivity index (χ0v) is 14.0. The Kier molecular flexibility index (Phi) is 4.93. The SMILES string of the molecule is Cc1cc(-c2nnn(CC(=O)N[C@](C)(C#N)C(C)C)n2)ccc1F. The number of halogens is 1. The Morgan fingerprint density at radius 3 is 2.79 bits per heavy atom. The summed E-state index contributed by atoms with van der Waals surface area (Å²) < 4.78 is 13.3. The van der Waals surface area contributed by atoms with E-state index in [1.54, 1.807) is 26.0 Å². The zero-order valence-electron chi connectivity index (χ0n) is 14.0. The Hall–Kier alpha value is -2.82. The number of aromatic nitrogens is 4. The van der Waals surface area contributed by atoms with Crippen LogP contribution >= 0.6 is 0 Å². The molecule has 0 radical (unpaired) electrons. The highest BCUT2D eigenvalue weighted by Gasteiger charge is 2.30. The molecule has 1 heterocycles. The van der Waals surface area contributed by atoms with Gasteiger partial charge in [0.2, 0.25) is 11.7 Å². The molecule has 0 fully saturated rings. The average Bonchev–Trinajstić information content (AvgIpc) is 2.97. The smallest absolute Gasteiger partial charge is 0.244 e. The molecule has 0 saturated carbocycles. The van der Waals surface area contributed by atoms with E-state index in [0.717, 1.165) is 4.80 Å². The Morgan fingerprint density at radius 2 is 2.21 bits per heavy atom. The fourth-order valence-corrected chi connectivity index (χ4v) is 1.97. The van der Waals surface area contributed by atoms with Crippen molar-refractivity contribution in [2.45, 2.75) is 39.8 Å². The van der Waals surface area contributed by atoms with E-state index in [1.807, 2.05) is 13.8 Å². The Balaban J connectivity index is 2.10. The fourth-order valence-electron chi connectivity index (χ4n) is 1.97. The van der Waals surface area contributed by atoms with Gasteiger partial charge in [-0.3, -0.25) is 4.79 Å². The first-order valence-corrected chi connectivity index (χ1v) is 7.52. The number of hydrogen-bond donors (Lipinski definition) is 1. The number of nitrogens with one attached hydrogen (secondary N) is 1. The number of carbonyl (C=O) groups excluding carboxylic acids is 1. The third kappa shape index (κ3) is 3.74. The lowest BCUT2D eigenvalue weighted by Gasteiger charge is -2.27. The van der Waals surface area contributed by atoms with Gasteiger partial charge in [0.1, 0.15) is 17.9 Å². The number of tetrazole rings is 1. The average molecular weight is 330 g/mol. The number of aryl methyl sites for hydroxylation is 1. The molecule has 24 heavy (non-hydrogen) atoms. The molecule has 1 aromatic heterocycles. The van der Waals surface area contributed by atoms with E-state index in [4.69, 9.17) is 0 Å². The van der Waals surface area contributed by atoms with Crippen LogP contribution in [0.5, 0.6) is 0 Å².